The van der Waals surface area contributed by atoms with Crippen molar-refractivity contribution >= 4 is 23.3 Å². The van der Waals surface area contributed by atoms with Crippen molar-refractivity contribution in [2.24, 2.45) is 5.92 Å². The predicted octanol–water partition coefficient (Wildman–Crippen LogP) is 3.79. The van der Waals surface area contributed by atoms with Crippen molar-refractivity contribution in [3.05, 3.63) is 52.6 Å². The van der Waals surface area contributed by atoms with E-state index >= 15 is 0 Å². The van der Waals surface area contributed by atoms with E-state index in [-0.39, 0.29) is 34.6 Å². The number of amides is 1. The van der Waals surface area contributed by atoms with Gasteiger partial charge in [-0.15, -0.1) is 0 Å². The standard InChI is InChI=1S/C20H20ClF2N3O3/c1-11(13-4-5-17(14(21)8-13)29-10-18(22)23)25-20(28)15-6-7-24-19(26-15)9-16(27)12-2-3-12/h4-8,11-12,18H,2-3,9-10H2,1H3,(H,25,28). The summed E-state index contributed by atoms with van der Waals surface area (Å²) in [5, 5.41) is 2.96. The fraction of sp³-hybridized carbons (Fsp3) is 0.400. The number of ketones is 1. The normalized spacial score (nSPS) is 14.5. The second-order valence-electron chi connectivity index (χ2n) is 6.86. The van der Waals surface area contributed by atoms with Crippen molar-refractivity contribution in [3.63, 3.8) is 0 Å². The number of carbonyl (C=O) groups excluding carboxylic acids is 2. The van der Waals surface area contributed by atoms with Crippen LogP contribution in [0.25, 0.3) is 0 Å². The number of nitrogens with one attached hydrogen (secondary N) is 1. The summed E-state index contributed by atoms with van der Waals surface area (Å²) in [5.74, 6) is 0.253. The highest BCUT2D eigenvalue weighted by molar-refractivity contribution is 6.32. The number of alkyl halides is 2. The molecule has 1 unspecified atom stereocenters. The lowest BCUT2D eigenvalue weighted by atomic mass is 10.1. The van der Waals surface area contributed by atoms with E-state index in [1.54, 1.807) is 19.1 Å². The van der Waals surface area contributed by atoms with Crippen molar-refractivity contribution in [2.45, 2.75) is 38.7 Å². The summed E-state index contributed by atoms with van der Waals surface area (Å²) in [4.78, 5) is 32.7. The molecule has 9 heteroatoms. The smallest absolute Gasteiger partial charge is 0.272 e. The monoisotopic (exact) mass is 423 g/mol. The number of hydrogen-bond donors (Lipinski definition) is 1. The fourth-order valence-electron chi connectivity index (χ4n) is 2.73. The van der Waals surface area contributed by atoms with E-state index in [9.17, 15) is 18.4 Å². The topological polar surface area (TPSA) is 81.2 Å². The number of halogens is 3. The molecule has 6 nitrogen and oxygen atoms in total. The molecule has 0 bridgehead atoms. The van der Waals surface area contributed by atoms with Gasteiger partial charge in [0.1, 0.15) is 29.7 Å². The number of benzene rings is 1. The third-order valence-corrected chi connectivity index (χ3v) is 4.77. The molecule has 1 aliphatic carbocycles. The van der Waals surface area contributed by atoms with E-state index < -0.39 is 25.0 Å². The van der Waals surface area contributed by atoms with Crippen LogP contribution in [0.15, 0.2) is 30.5 Å². The first-order valence-electron chi connectivity index (χ1n) is 9.19. The molecule has 1 heterocycles. The van der Waals surface area contributed by atoms with Gasteiger partial charge in [0.05, 0.1) is 17.5 Å². The van der Waals surface area contributed by atoms with Crippen LogP contribution in [-0.2, 0) is 11.2 Å². The van der Waals surface area contributed by atoms with Crippen molar-refractivity contribution in [3.8, 4) is 5.75 Å². The minimum Gasteiger partial charge on any atom is -0.486 e. The van der Waals surface area contributed by atoms with Crippen LogP contribution < -0.4 is 10.1 Å². The van der Waals surface area contributed by atoms with Gasteiger partial charge >= 0.3 is 0 Å². The average molecular weight is 424 g/mol. The molecule has 29 heavy (non-hydrogen) atoms. The molecule has 1 N–H and O–H groups in total. The highest BCUT2D eigenvalue weighted by Crippen LogP contribution is 2.30. The summed E-state index contributed by atoms with van der Waals surface area (Å²) in [6.07, 6.45) is 0.794. The molecule has 3 rings (SSSR count). The lowest BCUT2D eigenvalue weighted by Gasteiger charge is -2.16. The molecular formula is C20H20ClF2N3O3. The maximum Gasteiger partial charge on any atom is 0.272 e. The van der Waals surface area contributed by atoms with Crippen LogP contribution in [0, 0.1) is 5.92 Å². The largest absolute Gasteiger partial charge is 0.486 e. The van der Waals surface area contributed by atoms with Crippen LogP contribution in [0.1, 0.15) is 47.7 Å². The molecule has 1 saturated carbocycles. The molecular weight excluding hydrogens is 404 g/mol. The van der Waals surface area contributed by atoms with E-state index in [1.165, 1.54) is 18.3 Å². The highest BCUT2D eigenvalue weighted by Gasteiger charge is 2.30. The van der Waals surface area contributed by atoms with Crippen LogP contribution in [-0.4, -0.2) is 34.7 Å². The van der Waals surface area contributed by atoms with Gasteiger partial charge in [-0.2, -0.15) is 0 Å². The van der Waals surface area contributed by atoms with Gasteiger partial charge in [0, 0.05) is 12.1 Å². The molecule has 0 radical (unpaired) electrons. The Bertz CT molecular complexity index is 906. The van der Waals surface area contributed by atoms with E-state index in [1.807, 2.05) is 0 Å². The zero-order valence-electron chi connectivity index (χ0n) is 15.7. The van der Waals surface area contributed by atoms with Gasteiger partial charge in [-0.3, -0.25) is 9.59 Å². The quantitative estimate of drug-likeness (QED) is 0.663. The maximum atomic E-state index is 12.5. The lowest BCUT2D eigenvalue weighted by molar-refractivity contribution is -0.119. The van der Waals surface area contributed by atoms with Crippen LogP contribution in [0.3, 0.4) is 0 Å². The van der Waals surface area contributed by atoms with E-state index in [0.29, 0.717) is 11.4 Å². The van der Waals surface area contributed by atoms with Crippen molar-refractivity contribution in [1.82, 2.24) is 15.3 Å². The Kier molecular flexibility index (Phi) is 6.74. The number of rotatable bonds is 9. The van der Waals surface area contributed by atoms with Crippen LogP contribution >= 0.6 is 11.6 Å². The Hall–Kier alpha value is -2.61. The Morgan fingerprint density at radius 2 is 2.07 bits per heavy atom. The van der Waals surface area contributed by atoms with Gasteiger partial charge in [0.2, 0.25) is 0 Å². The lowest BCUT2D eigenvalue weighted by Crippen LogP contribution is -2.28. The van der Waals surface area contributed by atoms with Crippen LogP contribution in [0.5, 0.6) is 5.75 Å². The molecule has 0 saturated heterocycles. The van der Waals surface area contributed by atoms with Crippen LogP contribution in [0.4, 0.5) is 8.78 Å². The zero-order valence-corrected chi connectivity index (χ0v) is 16.5. The number of Topliss-reactive ketones (excluding diaryl/α,β-unsaturated/α-hetero) is 1. The van der Waals surface area contributed by atoms with Crippen molar-refractivity contribution in [2.75, 3.05) is 6.61 Å². The maximum absolute atomic E-state index is 12.5. The van der Waals surface area contributed by atoms with Gasteiger partial charge in [0.15, 0.2) is 0 Å². The minimum absolute atomic E-state index is 0.0970. The molecule has 0 spiro atoms. The molecule has 0 aliphatic heterocycles. The second kappa shape index (κ2) is 9.26. The first kappa shape index (κ1) is 21.1. The van der Waals surface area contributed by atoms with Gasteiger partial charge < -0.3 is 10.1 Å². The van der Waals surface area contributed by atoms with Gasteiger partial charge in [0.25, 0.3) is 12.3 Å². The number of ether oxygens (including phenoxy) is 1. The molecule has 1 atom stereocenters. The van der Waals surface area contributed by atoms with Gasteiger partial charge in [-0.1, -0.05) is 17.7 Å². The highest BCUT2D eigenvalue weighted by atomic mass is 35.5. The average Bonchev–Trinajstić information content (AvgIpc) is 3.52. The zero-order chi connectivity index (χ0) is 21.0. The van der Waals surface area contributed by atoms with E-state index in [0.717, 1.165) is 12.8 Å². The Labute approximate surface area is 171 Å². The fourth-order valence-corrected chi connectivity index (χ4v) is 2.97. The number of nitrogens with zero attached hydrogens (tertiary/aromatic N) is 2. The van der Waals surface area contributed by atoms with Gasteiger partial charge in [-0.25, -0.2) is 18.7 Å². The second-order valence-corrected chi connectivity index (χ2v) is 7.27. The van der Waals surface area contributed by atoms with E-state index in [2.05, 4.69) is 15.3 Å². The van der Waals surface area contributed by atoms with Crippen molar-refractivity contribution in [1.29, 1.82) is 0 Å². The molecule has 1 amide bonds. The molecule has 1 aliphatic rings. The molecule has 2 aromatic rings. The summed E-state index contributed by atoms with van der Waals surface area (Å²) < 4.78 is 29.5. The van der Waals surface area contributed by atoms with E-state index in [4.69, 9.17) is 16.3 Å². The molecule has 1 fully saturated rings. The molecule has 154 valence electrons. The summed E-state index contributed by atoms with van der Waals surface area (Å²) in [6.45, 7) is 1.01. The summed E-state index contributed by atoms with van der Waals surface area (Å²) in [6, 6.07) is 5.72. The summed E-state index contributed by atoms with van der Waals surface area (Å²) >= 11 is 6.08. The first-order chi connectivity index (χ1) is 13.8. The third-order valence-electron chi connectivity index (χ3n) is 4.47. The number of aromatic nitrogens is 2. The number of hydrogen-bond acceptors (Lipinski definition) is 5. The molecule has 1 aromatic carbocycles. The molecule has 1 aromatic heterocycles. The minimum atomic E-state index is -2.60. The summed E-state index contributed by atoms with van der Waals surface area (Å²) in [5.41, 5.74) is 0.833. The predicted molar refractivity (Wildman–Crippen MR) is 102 cm³/mol. The third kappa shape index (κ3) is 5.93. The Morgan fingerprint density at radius 3 is 2.72 bits per heavy atom. The Balaban J connectivity index is 1.62. The van der Waals surface area contributed by atoms with Gasteiger partial charge in [-0.05, 0) is 43.5 Å². The first-order valence-corrected chi connectivity index (χ1v) is 9.57. The van der Waals surface area contributed by atoms with Crippen molar-refractivity contribution < 1.29 is 23.1 Å². The summed E-state index contributed by atoms with van der Waals surface area (Å²) in [7, 11) is 0. The Morgan fingerprint density at radius 1 is 1.31 bits per heavy atom. The SMILES string of the molecule is CC(NC(=O)c1ccnc(CC(=O)C2CC2)n1)c1ccc(OCC(F)F)c(Cl)c1. The number of carbonyl (C=O) groups is 2. The van der Waals surface area contributed by atoms with Crippen LogP contribution in [0.2, 0.25) is 5.02 Å².